The number of nitrogens with zero attached hydrogens (tertiary/aromatic N) is 1. The van der Waals surface area contributed by atoms with Gasteiger partial charge in [0.05, 0.1) is 6.10 Å². The van der Waals surface area contributed by atoms with E-state index in [4.69, 9.17) is 16.3 Å². The molecule has 166 valence electrons. The van der Waals surface area contributed by atoms with Gasteiger partial charge in [0, 0.05) is 37.0 Å². The summed E-state index contributed by atoms with van der Waals surface area (Å²) in [5.74, 6) is -0.283. The lowest BCUT2D eigenvalue weighted by Gasteiger charge is -2.31. The first-order chi connectivity index (χ1) is 14.1. The van der Waals surface area contributed by atoms with Gasteiger partial charge in [-0.2, -0.15) is 0 Å². The lowest BCUT2D eigenvalue weighted by Crippen LogP contribution is -2.53. The molecule has 3 N–H and O–H groups in total. The minimum Gasteiger partial charge on any atom is -0.391 e. The van der Waals surface area contributed by atoms with Crippen LogP contribution in [0.3, 0.4) is 0 Å². The highest BCUT2D eigenvalue weighted by Crippen LogP contribution is 2.31. The lowest BCUT2D eigenvalue weighted by atomic mass is 9.87. The summed E-state index contributed by atoms with van der Waals surface area (Å²) in [5, 5.41) is 16.1. The molecule has 2 aliphatic heterocycles. The summed E-state index contributed by atoms with van der Waals surface area (Å²) in [6, 6.07) is 4.51. The zero-order valence-corrected chi connectivity index (χ0v) is 18.7. The molecule has 2 atom stereocenters. The van der Waals surface area contributed by atoms with Crippen LogP contribution in [0.25, 0.3) is 0 Å². The number of aliphatic hydroxyl groups is 1. The van der Waals surface area contributed by atoms with Crippen molar-refractivity contribution in [3.63, 3.8) is 0 Å². The molecule has 1 aromatic carbocycles. The molecule has 2 fully saturated rings. The molecule has 2 saturated heterocycles. The Balaban J connectivity index is 1.73. The van der Waals surface area contributed by atoms with Gasteiger partial charge in [-0.1, -0.05) is 38.4 Å². The second kappa shape index (κ2) is 9.54. The number of ether oxygens (including phenoxy) is 1. The van der Waals surface area contributed by atoms with Crippen molar-refractivity contribution >= 4 is 29.2 Å². The van der Waals surface area contributed by atoms with Gasteiger partial charge < -0.3 is 25.4 Å². The summed E-state index contributed by atoms with van der Waals surface area (Å²) < 4.78 is 5.42. The van der Waals surface area contributed by atoms with Crippen molar-refractivity contribution in [1.82, 2.24) is 10.2 Å². The number of β-amino-alcohol motifs (C(OH)–C–C–N with tert-alkyl or cyclic N) is 1. The van der Waals surface area contributed by atoms with E-state index in [-0.39, 0.29) is 29.8 Å². The van der Waals surface area contributed by atoms with E-state index in [0.29, 0.717) is 49.7 Å². The fourth-order valence-electron chi connectivity index (χ4n) is 4.02. The smallest absolute Gasteiger partial charge is 0.318 e. The number of nitrogens with one attached hydrogen (secondary N) is 2. The SMILES string of the molecule is CC(C)(C)c1ccc(NC(=O)C(NC(=O)N2CC[C@H](O)C2)C2CCOCC2)cc1Cl. The van der Waals surface area contributed by atoms with Crippen LogP contribution in [0.4, 0.5) is 10.5 Å². The lowest BCUT2D eigenvalue weighted by molar-refractivity contribution is -0.120. The Labute approximate surface area is 183 Å². The third-order valence-electron chi connectivity index (χ3n) is 5.79. The van der Waals surface area contributed by atoms with E-state index in [1.165, 1.54) is 0 Å². The molecule has 0 spiro atoms. The van der Waals surface area contributed by atoms with Crippen molar-refractivity contribution in [2.24, 2.45) is 5.92 Å². The number of likely N-dealkylation sites (tertiary alicyclic amines) is 1. The fraction of sp³-hybridized carbons (Fsp3) is 0.636. The third kappa shape index (κ3) is 5.65. The van der Waals surface area contributed by atoms with Crippen LogP contribution >= 0.6 is 11.6 Å². The average molecular weight is 438 g/mol. The Morgan fingerprint density at radius 3 is 2.50 bits per heavy atom. The summed E-state index contributed by atoms with van der Waals surface area (Å²) in [6.45, 7) is 8.16. The van der Waals surface area contributed by atoms with Crippen LogP contribution in [0.2, 0.25) is 5.02 Å². The van der Waals surface area contributed by atoms with Crippen molar-refractivity contribution in [3.8, 4) is 0 Å². The zero-order chi connectivity index (χ0) is 21.9. The summed E-state index contributed by atoms with van der Waals surface area (Å²) in [6.07, 6.45) is 1.45. The maximum absolute atomic E-state index is 13.1. The molecule has 1 unspecified atom stereocenters. The van der Waals surface area contributed by atoms with E-state index in [1.807, 2.05) is 12.1 Å². The molecular weight excluding hydrogens is 406 g/mol. The monoisotopic (exact) mass is 437 g/mol. The summed E-state index contributed by atoms with van der Waals surface area (Å²) in [5.41, 5.74) is 1.50. The first-order valence-corrected chi connectivity index (χ1v) is 10.9. The minimum absolute atomic E-state index is 0.0143. The van der Waals surface area contributed by atoms with Crippen LogP contribution in [-0.2, 0) is 14.9 Å². The maximum Gasteiger partial charge on any atom is 0.318 e. The first kappa shape index (κ1) is 22.8. The zero-order valence-electron chi connectivity index (χ0n) is 17.9. The molecule has 0 saturated carbocycles. The van der Waals surface area contributed by atoms with Crippen LogP contribution in [0.5, 0.6) is 0 Å². The standard InChI is InChI=1S/C22H32ClN3O4/c1-22(2,3)17-5-4-15(12-18(17)23)24-20(28)19(14-7-10-30-11-8-14)25-21(29)26-9-6-16(27)13-26/h4-5,12,14,16,19,27H,6-11,13H2,1-3H3,(H,24,28)(H,25,29)/t16-,19?/m0/s1. The van der Waals surface area contributed by atoms with Gasteiger partial charge in [-0.25, -0.2) is 4.79 Å². The second-order valence-corrected chi connectivity index (χ2v) is 9.61. The molecule has 2 aliphatic rings. The van der Waals surface area contributed by atoms with Gasteiger partial charge in [-0.3, -0.25) is 4.79 Å². The number of carbonyl (C=O) groups excluding carboxylic acids is 2. The number of benzene rings is 1. The van der Waals surface area contributed by atoms with Gasteiger partial charge in [0.1, 0.15) is 6.04 Å². The molecule has 0 aromatic heterocycles. The van der Waals surface area contributed by atoms with Gasteiger partial charge >= 0.3 is 6.03 Å². The number of rotatable bonds is 4. The van der Waals surface area contributed by atoms with E-state index in [9.17, 15) is 14.7 Å². The highest BCUT2D eigenvalue weighted by molar-refractivity contribution is 6.31. The molecule has 0 aliphatic carbocycles. The molecule has 1 aromatic rings. The van der Waals surface area contributed by atoms with Gasteiger partial charge in [0.15, 0.2) is 0 Å². The van der Waals surface area contributed by atoms with E-state index in [1.54, 1.807) is 11.0 Å². The molecule has 7 nitrogen and oxygen atoms in total. The summed E-state index contributed by atoms with van der Waals surface area (Å²) in [7, 11) is 0. The van der Waals surface area contributed by atoms with Crippen molar-refractivity contribution in [1.29, 1.82) is 0 Å². The number of urea groups is 1. The van der Waals surface area contributed by atoms with Crippen molar-refractivity contribution < 1.29 is 19.4 Å². The molecule has 0 bridgehead atoms. The number of amides is 3. The number of hydrogen-bond acceptors (Lipinski definition) is 4. The predicted octanol–water partition coefficient (Wildman–Crippen LogP) is 3.15. The number of hydrogen-bond donors (Lipinski definition) is 3. The second-order valence-electron chi connectivity index (χ2n) is 9.20. The van der Waals surface area contributed by atoms with Crippen LogP contribution in [0.15, 0.2) is 18.2 Å². The largest absolute Gasteiger partial charge is 0.391 e. The molecule has 8 heteroatoms. The molecule has 30 heavy (non-hydrogen) atoms. The van der Waals surface area contributed by atoms with Crippen molar-refractivity contribution in [2.45, 2.75) is 57.6 Å². The molecular formula is C22H32ClN3O4. The number of aliphatic hydroxyl groups excluding tert-OH is 1. The Kier molecular flexibility index (Phi) is 7.26. The molecule has 3 rings (SSSR count). The van der Waals surface area contributed by atoms with E-state index in [0.717, 1.165) is 5.56 Å². The predicted molar refractivity (Wildman–Crippen MR) is 117 cm³/mol. The van der Waals surface area contributed by atoms with Gasteiger partial charge in [0.25, 0.3) is 0 Å². The summed E-state index contributed by atoms with van der Waals surface area (Å²) >= 11 is 6.44. The van der Waals surface area contributed by atoms with E-state index < -0.39 is 12.1 Å². The quantitative estimate of drug-likeness (QED) is 0.674. The van der Waals surface area contributed by atoms with Crippen LogP contribution < -0.4 is 10.6 Å². The molecule has 0 radical (unpaired) electrons. The first-order valence-electron chi connectivity index (χ1n) is 10.6. The average Bonchev–Trinajstić information content (AvgIpc) is 3.12. The maximum atomic E-state index is 13.1. The van der Waals surface area contributed by atoms with Gasteiger partial charge in [-0.15, -0.1) is 0 Å². The van der Waals surface area contributed by atoms with Crippen LogP contribution in [-0.4, -0.2) is 60.4 Å². The Morgan fingerprint density at radius 2 is 1.93 bits per heavy atom. The minimum atomic E-state index is -0.680. The number of carbonyl (C=O) groups is 2. The number of anilines is 1. The number of halogens is 1. The Morgan fingerprint density at radius 1 is 1.23 bits per heavy atom. The van der Waals surface area contributed by atoms with Crippen molar-refractivity contribution in [2.75, 3.05) is 31.6 Å². The van der Waals surface area contributed by atoms with E-state index in [2.05, 4.69) is 31.4 Å². The normalized spacial score (nSPS) is 21.4. The molecule has 2 heterocycles. The van der Waals surface area contributed by atoms with Gasteiger partial charge in [-0.05, 0) is 48.3 Å². The Hall–Kier alpha value is -1.83. The topological polar surface area (TPSA) is 90.9 Å². The highest BCUT2D eigenvalue weighted by atomic mass is 35.5. The Bertz CT molecular complexity index is 774. The summed E-state index contributed by atoms with van der Waals surface area (Å²) in [4.78, 5) is 27.4. The van der Waals surface area contributed by atoms with Gasteiger partial charge in [0.2, 0.25) is 5.91 Å². The third-order valence-corrected chi connectivity index (χ3v) is 6.11. The highest BCUT2D eigenvalue weighted by Gasteiger charge is 2.34. The van der Waals surface area contributed by atoms with E-state index >= 15 is 0 Å². The molecule has 3 amide bonds. The van der Waals surface area contributed by atoms with Crippen LogP contribution in [0.1, 0.15) is 45.6 Å². The fourth-order valence-corrected chi connectivity index (χ4v) is 4.48. The van der Waals surface area contributed by atoms with Crippen LogP contribution in [0, 0.1) is 5.92 Å². The van der Waals surface area contributed by atoms with Crippen molar-refractivity contribution in [3.05, 3.63) is 28.8 Å².